The lowest BCUT2D eigenvalue weighted by atomic mass is 10.0. The Morgan fingerprint density at radius 2 is 2.00 bits per heavy atom. The molecule has 3 nitrogen and oxygen atoms in total. The minimum Gasteiger partial charge on any atom is -0.301 e. The molecular formula is C6H5NO2. The van der Waals surface area contributed by atoms with Gasteiger partial charge in [-0.3, -0.25) is 9.59 Å². The molecule has 3 heteroatoms. The lowest BCUT2D eigenvalue weighted by molar-refractivity contribution is -0.116. The van der Waals surface area contributed by atoms with Crippen molar-refractivity contribution in [3.63, 3.8) is 0 Å². The van der Waals surface area contributed by atoms with Crippen molar-refractivity contribution in [2.75, 3.05) is 0 Å². The Balaban J connectivity index is 2.89. The minimum atomic E-state index is -0.352. The Morgan fingerprint density at radius 3 is 2.44 bits per heavy atom. The van der Waals surface area contributed by atoms with E-state index >= 15 is 0 Å². The summed E-state index contributed by atoms with van der Waals surface area (Å²) < 4.78 is 0. The van der Waals surface area contributed by atoms with Gasteiger partial charge in [0, 0.05) is 0 Å². The number of carbonyl (C=O) groups is 2. The molecule has 0 unspecified atom stereocenters. The fraction of sp³-hybridized carbons (Fsp3) is 0.167. The van der Waals surface area contributed by atoms with E-state index in [4.69, 9.17) is 5.41 Å². The van der Waals surface area contributed by atoms with Gasteiger partial charge in [-0.05, 0) is 12.2 Å². The van der Waals surface area contributed by atoms with Crippen LogP contribution in [0.4, 0.5) is 0 Å². The van der Waals surface area contributed by atoms with Gasteiger partial charge in [0.15, 0.2) is 11.6 Å². The third-order valence-corrected chi connectivity index (χ3v) is 1.07. The highest BCUT2D eigenvalue weighted by Gasteiger charge is 2.14. The first-order valence-corrected chi connectivity index (χ1v) is 2.53. The maximum absolute atomic E-state index is 10.5. The van der Waals surface area contributed by atoms with Gasteiger partial charge in [-0.15, -0.1) is 0 Å². The maximum atomic E-state index is 10.5. The molecule has 0 atom stereocenters. The normalized spacial score (nSPS) is 18.9. The van der Waals surface area contributed by atoms with Gasteiger partial charge in [0.2, 0.25) is 0 Å². The molecule has 0 aromatic rings. The molecule has 0 amide bonds. The van der Waals surface area contributed by atoms with E-state index in [0.717, 1.165) is 6.08 Å². The summed E-state index contributed by atoms with van der Waals surface area (Å²) in [5.74, 6) is -0.519. The van der Waals surface area contributed by atoms with E-state index in [9.17, 15) is 9.59 Å². The van der Waals surface area contributed by atoms with Crippen LogP contribution in [0.1, 0.15) is 6.42 Å². The number of nitrogens with one attached hydrogen (secondary N) is 1. The van der Waals surface area contributed by atoms with Crippen LogP contribution in [0.25, 0.3) is 0 Å². The van der Waals surface area contributed by atoms with Crippen LogP contribution in [-0.2, 0) is 9.59 Å². The van der Waals surface area contributed by atoms with Crippen molar-refractivity contribution in [3.8, 4) is 0 Å². The molecule has 0 heterocycles. The highest BCUT2D eigenvalue weighted by atomic mass is 16.1. The lowest BCUT2D eigenvalue weighted by Gasteiger charge is -1.99. The highest BCUT2D eigenvalue weighted by molar-refractivity contribution is 6.48. The number of hydrogen-bond donors (Lipinski definition) is 1. The fourth-order valence-corrected chi connectivity index (χ4v) is 0.589. The van der Waals surface area contributed by atoms with Gasteiger partial charge in [0.1, 0.15) is 0 Å². The Morgan fingerprint density at radius 1 is 1.33 bits per heavy atom. The summed E-state index contributed by atoms with van der Waals surface area (Å²) in [6, 6.07) is 0. The first-order valence-electron chi connectivity index (χ1n) is 2.53. The van der Waals surface area contributed by atoms with E-state index < -0.39 is 0 Å². The molecule has 0 spiro atoms. The van der Waals surface area contributed by atoms with Crippen molar-refractivity contribution in [1.82, 2.24) is 0 Å². The summed E-state index contributed by atoms with van der Waals surface area (Å²) in [6.45, 7) is 0. The van der Waals surface area contributed by atoms with E-state index in [-0.39, 0.29) is 23.7 Å². The van der Waals surface area contributed by atoms with Crippen LogP contribution in [0.15, 0.2) is 12.2 Å². The van der Waals surface area contributed by atoms with Crippen LogP contribution < -0.4 is 0 Å². The molecule has 0 bridgehead atoms. The zero-order valence-corrected chi connectivity index (χ0v) is 4.68. The summed E-state index contributed by atoms with van der Waals surface area (Å²) in [4.78, 5) is 20.9. The molecule has 1 aliphatic carbocycles. The van der Waals surface area contributed by atoms with Gasteiger partial charge in [0.05, 0.1) is 12.1 Å². The molecule has 0 aromatic carbocycles. The monoisotopic (exact) mass is 123 g/mol. The second kappa shape index (κ2) is 1.93. The quantitative estimate of drug-likeness (QED) is 0.496. The molecule has 0 aliphatic heterocycles. The van der Waals surface area contributed by atoms with E-state index in [1.165, 1.54) is 6.08 Å². The first kappa shape index (κ1) is 5.88. The topological polar surface area (TPSA) is 58.0 Å². The average molecular weight is 123 g/mol. The summed E-state index contributed by atoms with van der Waals surface area (Å²) in [6.07, 6.45) is 2.31. The van der Waals surface area contributed by atoms with Crippen LogP contribution >= 0.6 is 0 Å². The second-order valence-corrected chi connectivity index (χ2v) is 1.82. The molecule has 0 fully saturated rings. The van der Waals surface area contributed by atoms with E-state index in [0.29, 0.717) is 0 Å². The van der Waals surface area contributed by atoms with Gasteiger partial charge in [-0.25, -0.2) is 0 Å². The summed E-state index contributed by atoms with van der Waals surface area (Å²) >= 11 is 0. The number of rotatable bonds is 0. The zero-order chi connectivity index (χ0) is 6.85. The number of hydrogen-bond acceptors (Lipinski definition) is 3. The van der Waals surface area contributed by atoms with E-state index in [1.54, 1.807) is 0 Å². The predicted octanol–water partition coefficient (Wildman–Crippen LogP) is 0.104. The van der Waals surface area contributed by atoms with Crippen LogP contribution in [0.3, 0.4) is 0 Å². The zero-order valence-electron chi connectivity index (χ0n) is 4.68. The third kappa shape index (κ3) is 1.10. The molecule has 46 valence electrons. The lowest BCUT2D eigenvalue weighted by Crippen LogP contribution is -2.18. The van der Waals surface area contributed by atoms with Crippen LogP contribution in [0, 0.1) is 5.41 Å². The van der Waals surface area contributed by atoms with Gasteiger partial charge < -0.3 is 5.41 Å². The fourth-order valence-electron chi connectivity index (χ4n) is 0.589. The standard InChI is InChI=1S/C6H5NO2/c7-5-3-4(8)1-2-6(5)9/h1-2,7H,3H2. The molecule has 0 saturated heterocycles. The van der Waals surface area contributed by atoms with Crippen LogP contribution in [0.5, 0.6) is 0 Å². The molecule has 9 heavy (non-hydrogen) atoms. The molecule has 0 saturated carbocycles. The SMILES string of the molecule is N=C1CC(=O)C=CC1=O. The predicted molar refractivity (Wildman–Crippen MR) is 31.5 cm³/mol. The average Bonchev–Trinajstić information content (AvgIpc) is 1.80. The van der Waals surface area contributed by atoms with E-state index in [2.05, 4.69) is 0 Å². The van der Waals surface area contributed by atoms with Crippen molar-refractivity contribution in [1.29, 1.82) is 5.41 Å². The summed E-state index contributed by atoms with van der Waals surface area (Å²) in [5, 5.41) is 6.90. The molecular weight excluding hydrogens is 118 g/mol. The van der Waals surface area contributed by atoms with Gasteiger partial charge in [-0.2, -0.15) is 0 Å². The van der Waals surface area contributed by atoms with Gasteiger partial charge in [0.25, 0.3) is 0 Å². The maximum Gasteiger partial charge on any atom is 0.199 e. The highest BCUT2D eigenvalue weighted by Crippen LogP contribution is 1.97. The number of carbonyl (C=O) groups excluding carboxylic acids is 2. The Kier molecular flexibility index (Phi) is 1.26. The summed E-state index contributed by atoms with van der Waals surface area (Å²) in [7, 11) is 0. The van der Waals surface area contributed by atoms with Crippen molar-refractivity contribution in [3.05, 3.63) is 12.2 Å². The van der Waals surface area contributed by atoms with Crippen molar-refractivity contribution in [2.45, 2.75) is 6.42 Å². The van der Waals surface area contributed by atoms with Gasteiger partial charge in [-0.1, -0.05) is 0 Å². The van der Waals surface area contributed by atoms with E-state index in [1.807, 2.05) is 0 Å². The van der Waals surface area contributed by atoms with Crippen molar-refractivity contribution >= 4 is 17.3 Å². The molecule has 0 aromatic heterocycles. The smallest absolute Gasteiger partial charge is 0.199 e. The van der Waals surface area contributed by atoms with Crippen LogP contribution in [0.2, 0.25) is 0 Å². The van der Waals surface area contributed by atoms with Crippen molar-refractivity contribution in [2.24, 2.45) is 0 Å². The largest absolute Gasteiger partial charge is 0.301 e. The molecule has 1 aliphatic rings. The molecule has 0 radical (unpaired) electrons. The Bertz CT molecular complexity index is 215. The van der Waals surface area contributed by atoms with Gasteiger partial charge >= 0.3 is 0 Å². The second-order valence-electron chi connectivity index (χ2n) is 1.82. The molecule has 1 N–H and O–H groups in total. The Hall–Kier alpha value is -1.25. The minimum absolute atomic E-state index is 0.0324. The number of ketones is 2. The first-order chi connectivity index (χ1) is 4.20. The Labute approximate surface area is 51.9 Å². The summed E-state index contributed by atoms with van der Waals surface area (Å²) in [5.41, 5.74) is -0.109. The third-order valence-electron chi connectivity index (χ3n) is 1.07. The van der Waals surface area contributed by atoms with Crippen molar-refractivity contribution < 1.29 is 9.59 Å². The number of allylic oxidation sites excluding steroid dienone is 2. The van der Waals surface area contributed by atoms with Crippen LogP contribution in [-0.4, -0.2) is 17.3 Å². The molecule has 1 rings (SSSR count).